The second kappa shape index (κ2) is 6.65. The number of methoxy groups -OCH3 is 1. The van der Waals surface area contributed by atoms with E-state index in [4.69, 9.17) is 4.74 Å². The summed E-state index contributed by atoms with van der Waals surface area (Å²) < 4.78 is 28.0. The molecule has 7 heteroatoms. The molecule has 0 aliphatic heterocycles. The van der Waals surface area contributed by atoms with E-state index in [0.29, 0.717) is 18.1 Å². The quantitative estimate of drug-likeness (QED) is 0.782. The van der Waals surface area contributed by atoms with E-state index in [1.165, 1.54) is 25.8 Å². The third kappa shape index (κ3) is 4.58. The van der Waals surface area contributed by atoms with Crippen molar-refractivity contribution in [3.05, 3.63) is 18.1 Å². The predicted octanol–water partition coefficient (Wildman–Crippen LogP) is 0.570. The van der Waals surface area contributed by atoms with Gasteiger partial charge >= 0.3 is 0 Å². The van der Waals surface area contributed by atoms with Gasteiger partial charge in [0.15, 0.2) is 0 Å². The highest BCUT2D eigenvalue weighted by atomic mass is 32.2. The molecular formula is C11H19N3O3S. The molecule has 0 amide bonds. The van der Waals surface area contributed by atoms with E-state index in [1.807, 2.05) is 6.92 Å². The number of ether oxygens (including phenoxy) is 1. The molecule has 0 radical (unpaired) electrons. The molecular weight excluding hydrogens is 254 g/mol. The Labute approximate surface area is 108 Å². The molecule has 1 aromatic rings. The molecule has 0 aromatic carbocycles. The first-order chi connectivity index (χ1) is 8.48. The van der Waals surface area contributed by atoms with Gasteiger partial charge in [0, 0.05) is 18.6 Å². The molecule has 18 heavy (non-hydrogen) atoms. The monoisotopic (exact) mass is 273 g/mol. The van der Waals surface area contributed by atoms with Crippen LogP contribution in [0.1, 0.15) is 25.1 Å². The highest BCUT2D eigenvalue weighted by Gasteiger charge is 2.22. The zero-order valence-corrected chi connectivity index (χ0v) is 11.7. The van der Waals surface area contributed by atoms with Crippen molar-refractivity contribution in [2.24, 2.45) is 0 Å². The molecule has 102 valence electrons. The summed E-state index contributed by atoms with van der Waals surface area (Å²) in [7, 11) is -1.62. The highest BCUT2D eigenvalue weighted by molar-refractivity contribution is 7.90. The summed E-state index contributed by atoms with van der Waals surface area (Å²) >= 11 is 0. The molecule has 0 aliphatic rings. The number of rotatable bonds is 7. The molecule has 1 aromatic heterocycles. The van der Waals surface area contributed by atoms with Crippen molar-refractivity contribution in [3.8, 4) is 5.88 Å². The lowest BCUT2D eigenvalue weighted by Crippen LogP contribution is -2.29. The Morgan fingerprint density at radius 1 is 1.39 bits per heavy atom. The molecule has 1 heterocycles. The normalized spacial score (nSPS) is 13.3. The van der Waals surface area contributed by atoms with Gasteiger partial charge in [-0.05, 0) is 13.0 Å². The van der Waals surface area contributed by atoms with E-state index in [9.17, 15) is 8.42 Å². The fourth-order valence-electron chi connectivity index (χ4n) is 1.59. The average Bonchev–Trinajstić information content (AvgIpc) is 2.33. The molecule has 0 bridgehead atoms. The van der Waals surface area contributed by atoms with Crippen molar-refractivity contribution in [1.29, 1.82) is 0 Å². The zero-order valence-electron chi connectivity index (χ0n) is 10.9. The number of hydrogen-bond acceptors (Lipinski definition) is 6. The lowest BCUT2D eigenvalue weighted by atomic mass is 10.2. The first kappa shape index (κ1) is 14.8. The van der Waals surface area contributed by atoms with Gasteiger partial charge in [0.05, 0.1) is 18.9 Å². The van der Waals surface area contributed by atoms with Crippen molar-refractivity contribution < 1.29 is 13.2 Å². The minimum Gasteiger partial charge on any atom is -0.480 e. The van der Waals surface area contributed by atoms with Crippen molar-refractivity contribution in [3.63, 3.8) is 0 Å². The molecule has 1 unspecified atom stereocenters. The Morgan fingerprint density at radius 3 is 2.61 bits per heavy atom. The van der Waals surface area contributed by atoms with E-state index >= 15 is 0 Å². The van der Waals surface area contributed by atoms with Crippen LogP contribution >= 0.6 is 0 Å². The molecule has 0 saturated carbocycles. The summed E-state index contributed by atoms with van der Waals surface area (Å²) in [5.41, 5.74) is 0.527. The van der Waals surface area contributed by atoms with Crippen LogP contribution in [-0.4, -0.2) is 44.0 Å². The summed E-state index contributed by atoms with van der Waals surface area (Å²) in [5.74, 6) is 0.331. The summed E-state index contributed by atoms with van der Waals surface area (Å²) in [4.78, 5) is 8.21. The summed E-state index contributed by atoms with van der Waals surface area (Å²) in [6.45, 7) is 2.72. The van der Waals surface area contributed by atoms with Gasteiger partial charge in [0.1, 0.15) is 15.5 Å². The molecule has 0 spiro atoms. The lowest BCUT2D eigenvalue weighted by Gasteiger charge is -2.18. The Kier molecular flexibility index (Phi) is 5.49. The van der Waals surface area contributed by atoms with E-state index in [2.05, 4.69) is 15.3 Å². The fraction of sp³-hybridized carbons (Fsp3) is 0.636. The Bertz CT molecular complexity index is 476. The number of nitrogens with zero attached hydrogens (tertiary/aromatic N) is 2. The van der Waals surface area contributed by atoms with Crippen molar-refractivity contribution >= 4 is 9.84 Å². The predicted molar refractivity (Wildman–Crippen MR) is 69.3 cm³/mol. The SMILES string of the molecule is CCCNC(CS(C)(=O)=O)c1nccnc1OC. The van der Waals surface area contributed by atoms with E-state index in [0.717, 1.165) is 6.42 Å². The highest BCUT2D eigenvalue weighted by Crippen LogP contribution is 2.21. The van der Waals surface area contributed by atoms with E-state index < -0.39 is 15.9 Å². The zero-order chi connectivity index (χ0) is 13.6. The minimum atomic E-state index is -3.11. The van der Waals surface area contributed by atoms with Crippen molar-refractivity contribution in [2.45, 2.75) is 19.4 Å². The van der Waals surface area contributed by atoms with Gasteiger partial charge in [-0.25, -0.2) is 13.4 Å². The van der Waals surface area contributed by atoms with Crippen LogP contribution < -0.4 is 10.1 Å². The van der Waals surface area contributed by atoms with Gasteiger partial charge in [0.25, 0.3) is 0 Å². The standard InChI is InChI=1S/C11H19N3O3S/c1-4-5-12-9(8-18(3,15)16)10-11(17-2)14-7-6-13-10/h6-7,9,12H,4-5,8H2,1-3H3. The van der Waals surface area contributed by atoms with Crippen LogP contribution in [0.4, 0.5) is 0 Å². The molecule has 1 N–H and O–H groups in total. The van der Waals surface area contributed by atoms with Gasteiger partial charge in [-0.3, -0.25) is 4.98 Å². The molecule has 1 atom stereocenters. The third-order valence-electron chi connectivity index (χ3n) is 2.32. The summed E-state index contributed by atoms with van der Waals surface area (Å²) in [6.07, 6.45) is 5.15. The van der Waals surface area contributed by atoms with Gasteiger partial charge in [-0.2, -0.15) is 0 Å². The largest absolute Gasteiger partial charge is 0.480 e. The average molecular weight is 273 g/mol. The Balaban J connectivity index is 3.00. The van der Waals surface area contributed by atoms with Crippen LogP contribution in [0.5, 0.6) is 5.88 Å². The first-order valence-corrected chi connectivity index (χ1v) is 7.80. The maximum absolute atomic E-state index is 11.4. The maximum atomic E-state index is 11.4. The van der Waals surface area contributed by atoms with Gasteiger partial charge in [-0.15, -0.1) is 0 Å². The second-order valence-electron chi connectivity index (χ2n) is 4.05. The fourth-order valence-corrected chi connectivity index (χ4v) is 2.47. The molecule has 0 saturated heterocycles. The number of nitrogens with one attached hydrogen (secondary N) is 1. The van der Waals surface area contributed by atoms with E-state index in [1.54, 1.807) is 0 Å². The molecule has 0 fully saturated rings. The molecule has 0 aliphatic carbocycles. The third-order valence-corrected chi connectivity index (χ3v) is 3.26. The van der Waals surface area contributed by atoms with E-state index in [-0.39, 0.29) is 5.75 Å². The van der Waals surface area contributed by atoms with Crippen LogP contribution in [0.15, 0.2) is 12.4 Å². The Morgan fingerprint density at radius 2 is 2.06 bits per heavy atom. The van der Waals surface area contributed by atoms with Crippen molar-refractivity contribution in [2.75, 3.05) is 25.7 Å². The lowest BCUT2D eigenvalue weighted by molar-refractivity contribution is 0.380. The minimum absolute atomic E-state index is 0.0257. The topological polar surface area (TPSA) is 81.2 Å². The first-order valence-electron chi connectivity index (χ1n) is 5.74. The summed E-state index contributed by atoms with van der Waals surface area (Å²) in [5, 5.41) is 3.16. The van der Waals surface area contributed by atoms with Crippen LogP contribution in [0, 0.1) is 0 Å². The maximum Gasteiger partial charge on any atom is 0.237 e. The van der Waals surface area contributed by atoms with Gasteiger partial charge in [0.2, 0.25) is 5.88 Å². The van der Waals surface area contributed by atoms with Crippen LogP contribution in [-0.2, 0) is 9.84 Å². The number of aromatic nitrogens is 2. The summed E-state index contributed by atoms with van der Waals surface area (Å²) in [6, 6.07) is -0.399. The van der Waals surface area contributed by atoms with Crippen molar-refractivity contribution in [1.82, 2.24) is 15.3 Å². The number of sulfone groups is 1. The van der Waals surface area contributed by atoms with Gasteiger partial charge < -0.3 is 10.1 Å². The number of hydrogen-bond donors (Lipinski definition) is 1. The second-order valence-corrected chi connectivity index (χ2v) is 6.23. The molecule has 1 rings (SSSR count). The Hall–Kier alpha value is -1.21. The van der Waals surface area contributed by atoms with Crippen LogP contribution in [0.3, 0.4) is 0 Å². The van der Waals surface area contributed by atoms with Crippen LogP contribution in [0.2, 0.25) is 0 Å². The smallest absolute Gasteiger partial charge is 0.237 e. The molecule has 6 nitrogen and oxygen atoms in total. The van der Waals surface area contributed by atoms with Crippen LogP contribution in [0.25, 0.3) is 0 Å². The van der Waals surface area contributed by atoms with Gasteiger partial charge in [-0.1, -0.05) is 6.92 Å².